The van der Waals surface area contributed by atoms with Crippen molar-refractivity contribution in [3.05, 3.63) is 50.4 Å². The van der Waals surface area contributed by atoms with Crippen LogP contribution < -0.4 is 5.73 Å². The summed E-state index contributed by atoms with van der Waals surface area (Å²) in [6.07, 6.45) is 2.76. The molecule has 2 aromatic rings. The zero-order valence-corrected chi connectivity index (χ0v) is 15.8. The number of nitrogens with zero attached hydrogens (tertiary/aromatic N) is 2. The van der Waals surface area contributed by atoms with Crippen LogP contribution in [-0.4, -0.2) is 28.9 Å². The lowest BCUT2D eigenvalue weighted by Gasteiger charge is -2.24. The van der Waals surface area contributed by atoms with Gasteiger partial charge in [-0.05, 0) is 37.1 Å². The van der Waals surface area contributed by atoms with Crippen LogP contribution in [0.5, 0.6) is 0 Å². The quantitative estimate of drug-likeness (QED) is 0.824. The minimum atomic E-state index is 0. The van der Waals surface area contributed by atoms with Crippen molar-refractivity contribution < 1.29 is 4.79 Å². The molecule has 1 aromatic heterocycles. The molecule has 4 nitrogen and oxygen atoms in total. The molecule has 1 atom stereocenters. The Morgan fingerprint density at radius 3 is 3.04 bits per heavy atom. The van der Waals surface area contributed by atoms with Gasteiger partial charge in [-0.15, -0.1) is 23.7 Å². The topological polar surface area (TPSA) is 59.2 Å². The fourth-order valence-corrected chi connectivity index (χ4v) is 4.07. The van der Waals surface area contributed by atoms with Crippen LogP contribution in [0.25, 0.3) is 0 Å². The highest BCUT2D eigenvalue weighted by molar-refractivity contribution is 9.10. The fraction of sp³-hybridized carbons (Fsp3) is 0.375. The summed E-state index contributed by atoms with van der Waals surface area (Å²) in [5.41, 5.74) is 7.28. The number of nitrogens with two attached hydrogens (primary N) is 1. The molecule has 0 aliphatic carbocycles. The van der Waals surface area contributed by atoms with E-state index in [1.807, 2.05) is 22.4 Å². The van der Waals surface area contributed by atoms with Crippen LogP contribution >= 0.6 is 39.7 Å². The number of aromatic nitrogens is 1. The molecular formula is C16H19BrClN3OS. The van der Waals surface area contributed by atoms with Crippen molar-refractivity contribution in [3.8, 4) is 0 Å². The van der Waals surface area contributed by atoms with Crippen LogP contribution in [0.3, 0.4) is 0 Å². The number of hydrogen-bond donors (Lipinski definition) is 1. The molecule has 0 spiro atoms. The first-order valence-corrected chi connectivity index (χ1v) is 9.07. The fourth-order valence-electron chi connectivity index (χ4n) is 2.86. The standard InChI is InChI=1S/C16H18BrN3OS.ClH/c17-12-4-1-3-11(9-12)14-5-2-8-20(14)16(21)13-10-22-15(19-13)6-7-18;/h1,3-4,9-10,14H,2,5-8,18H2;1H. The summed E-state index contributed by atoms with van der Waals surface area (Å²) in [6.45, 7) is 1.35. The molecular weight excluding hydrogens is 398 g/mol. The Morgan fingerprint density at radius 2 is 2.30 bits per heavy atom. The average molecular weight is 417 g/mol. The molecule has 1 aliphatic rings. The first-order chi connectivity index (χ1) is 10.7. The van der Waals surface area contributed by atoms with E-state index in [1.165, 1.54) is 16.9 Å². The second-order valence-corrected chi connectivity index (χ2v) is 7.24. The predicted molar refractivity (Wildman–Crippen MR) is 99.3 cm³/mol. The Hall–Kier alpha value is -0.950. The van der Waals surface area contributed by atoms with Crippen molar-refractivity contribution in [3.63, 3.8) is 0 Å². The van der Waals surface area contributed by atoms with E-state index in [-0.39, 0.29) is 24.4 Å². The number of benzene rings is 1. The van der Waals surface area contributed by atoms with Crippen LogP contribution in [0, 0.1) is 0 Å². The summed E-state index contributed by atoms with van der Waals surface area (Å²) in [5, 5.41) is 2.79. The monoisotopic (exact) mass is 415 g/mol. The van der Waals surface area contributed by atoms with Gasteiger partial charge in [-0.25, -0.2) is 4.98 Å². The van der Waals surface area contributed by atoms with Gasteiger partial charge in [0, 0.05) is 22.8 Å². The molecule has 1 aliphatic heterocycles. The van der Waals surface area contributed by atoms with Gasteiger partial charge in [-0.3, -0.25) is 4.79 Å². The smallest absolute Gasteiger partial charge is 0.273 e. The molecule has 1 unspecified atom stereocenters. The number of rotatable bonds is 4. The minimum Gasteiger partial charge on any atom is -0.330 e. The third-order valence-corrected chi connectivity index (χ3v) is 5.28. The normalized spacial score (nSPS) is 17.1. The van der Waals surface area contributed by atoms with E-state index in [1.54, 1.807) is 0 Å². The number of carbonyl (C=O) groups excluding carboxylic acids is 1. The molecule has 7 heteroatoms. The zero-order valence-electron chi connectivity index (χ0n) is 12.6. The second-order valence-electron chi connectivity index (χ2n) is 5.38. The molecule has 1 fully saturated rings. The first-order valence-electron chi connectivity index (χ1n) is 7.40. The number of thiazole rings is 1. The summed E-state index contributed by atoms with van der Waals surface area (Å²) in [4.78, 5) is 19.1. The van der Waals surface area contributed by atoms with E-state index in [2.05, 4.69) is 33.0 Å². The maximum atomic E-state index is 12.8. The van der Waals surface area contributed by atoms with E-state index in [9.17, 15) is 4.79 Å². The lowest BCUT2D eigenvalue weighted by Crippen LogP contribution is -2.30. The molecule has 23 heavy (non-hydrogen) atoms. The van der Waals surface area contributed by atoms with Crippen molar-refractivity contribution in [1.29, 1.82) is 0 Å². The molecule has 1 amide bonds. The van der Waals surface area contributed by atoms with Crippen molar-refractivity contribution in [2.75, 3.05) is 13.1 Å². The molecule has 3 rings (SSSR count). The Bertz CT molecular complexity index is 679. The van der Waals surface area contributed by atoms with E-state index in [0.717, 1.165) is 35.3 Å². The summed E-state index contributed by atoms with van der Waals surface area (Å²) in [5.74, 6) is 0.0296. The maximum Gasteiger partial charge on any atom is 0.273 e. The molecule has 2 heterocycles. The Morgan fingerprint density at radius 1 is 1.48 bits per heavy atom. The van der Waals surface area contributed by atoms with Gasteiger partial charge in [0.2, 0.25) is 0 Å². The van der Waals surface area contributed by atoms with Crippen molar-refractivity contribution in [1.82, 2.24) is 9.88 Å². The lowest BCUT2D eigenvalue weighted by molar-refractivity contribution is 0.0730. The minimum absolute atomic E-state index is 0. The average Bonchev–Trinajstić information content (AvgIpc) is 3.16. The van der Waals surface area contributed by atoms with Crippen LogP contribution in [0.4, 0.5) is 0 Å². The van der Waals surface area contributed by atoms with E-state index < -0.39 is 0 Å². The summed E-state index contributed by atoms with van der Waals surface area (Å²) in [6, 6.07) is 8.34. The number of amides is 1. The summed E-state index contributed by atoms with van der Waals surface area (Å²) in [7, 11) is 0. The Labute approximate surface area is 154 Å². The largest absolute Gasteiger partial charge is 0.330 e. The van der Waals surface area contributed by atoms with Crippen LogP contribution in [0.1, 0.15) is 39.9 Å². The van der Waals surface area contributed by atoms with E-state index in [4.69, 9.17) is 5.73 Å². The van der Waals surface area contributed by atoms with Crippen molar-refractivity contribution >= 4 is 45.6 Å². The van der Waals surface area contributed by atoms with Gasteiger partial charge in [0.25, 0.3) is 5.91 Å². The SMILES string of the molecule is Cl.NCCc1nc(C(=O)N2CCCC2c2cccc(Br)c2)cs1. The van der Waals surface area contributed by atoms with Gasteiger partial charge in [0.05, 0.1) is 11.0 Å². The second kappa shape index (κ2) is 8.24. The van der Waals surface area contributed by atoms with Gasteiger partial charge in [-0.2, -0.15) is 0 Å². The molecule has 1 saturated heterocycles. The van der Waals surface area contributed by atoms with E-state index >= 15 is 0 Å². The highest BCUT2D eigenvalue weighted by atomic mass is 79.9. The van der Waals surface area contributed by atoms with Crippen LogP contribution in [0.2, 0.25) is 0 Å². The van der Waals surface area contributed by atoms with Crippen LogP contribution in [-0.2, 0) is 6.42 Å². The number of hydrogen-bond acceptors (Lipinski definition) is 4. The maximum absolute atomic E-state index is 12.8. The third kappa shape index (κ3) is 4.12. The summed E-state index contributed by atoms with van der Waals surface area (Å²) >= 11 is 5.02. The molecule has 0 saturated carbocycles. The van der Waals surface area contributed by atoms with Crippen LogP contribution in [0.15, 0.2) is 34.1 Å². The Kier molecular flexibility index (Phi) is 6.59. The molecule has 124 valence electrons. The van der Waals surface area contributed by atoms with Gasteiger partial charge in [0.15, 0.2) is 0 Å². The third-order valence-electron chi connectivity index (χ3n) is 3.88. The van der Waals surface area contributed by atoms with Gasteiger partial charge in [0.1, 0.15) is 5.69 Å². The molecule has 1 aromatic carbocycles. The van der Waals surface area contributed by atoms with Gasteiger partial charge < -0.3 is 10.6 Å². The first kappa shape index (κ1) is 18.4. The van der Waals surface area contributed by atoms with Gasteiger partial charge >= 0.3 is 0 Å². The molecule has 0 radical (unpaired) electrons. The zero-order chi connectivity index (χ0) is 15.5. The highest BCUT2D eigenvalue weighted by Gasteiger charge is 2.31. The van der Waals surface area contributed by atoms with Crippen molar-refractivity contribution in [2.45, 2.75) is 25.3 Å². The highest BCUT2D eigenvalue weighted by Crippen LogP contribution is 2.34. The number of carbonyl (C=O) groups is 1. The molecule has 0 bridgehead atoms. The lowest BCUT2D eigenvalue weighted by atomic mass is 10.0. The number of likely N-dealkylation sites (tertiary alicyclic amines) is 1. The summed E-state index contributed by atoms with van der Waals surface area (Å²) < 4.78 is 1.04. The predicted octanol–water partition coefficient (Wildman–Crippen LogP) is 3.81. The number of halogens is 2. The van der Waals surface area contributed by atoms with Crippen molar-refractivity contribution in [2.24, 2.45) is 5.73 Å². The Balaban J connectivity index is 0.00000192. The van der Waals surface area contributed by atoms with Gasteiger partial charge in [-0.1, -0.05) is 28.1 Å². The van der Waals surface area contributed by atoms with E-state index in [0.29, 0.717) is 12.2 Å². The molecule has 2 N–H and O–H groups in total.